The van der Waals surface area contributed by atoms with Gasteiger partial charge in [0.15, 0.2) is 0 Å². The largest absolute Gasteiger partial charge is 0.378 e. The van der Waals surface area contributed by atoms with Crippen LogP contribution in [0.15, 0.2) is 0 Å². The standard InChI is InChI=1S/C10H18N2O3S/c13-10(9-7-15-4-3-11-9)12-8-1-5-16(14)6-2-8/h8-9,11H,1-7H2,(H,12,13). The molecule has 2 N–H and O–H groups in total. The topological polar surface area (TPSA) is 67.4 Å². The van der Waals surface area contributed by atoms with Gasteiger partial charge in [-0.15, -0.1) is 0 Å². The Balaban J connectivity index is 1.75. The molecule has 0 aromatic heterocycles. The lowest BCUT2D eigenvalue weighted by molar-refractivity contribution is -0.126. The third kappa shape index (κ3) is 3.26. The number of carbonyl (C=O) groups is 1. The highest BCUT2D eigenvalue weighted by Gasteiger charge is 2.25. The molecule has 2 aliphatic heterocycles. The predicted molar refractivity (Wildman–Crippen MR) is 61.7 cm³/mol. The van der Waals surface area contributed by atoms with Crippen LogP contribution in [0.5, 0.6) is 0 Å². The van der Waals surface area contributed by atoms with E-state index in [1.165, 1.54) is 0 Å². The van der Waals surface area contributed by atoms with E-state index in [1.54, 1.807) is 0 Å². The Morgan fingerprint density at radius 3 is 2.75 bits per heavy atom. The van der Waals surface area contributed by atoms with Crippen LogP contribution in [0.1, 0.15) is 12.8 Å². The number of morpholine rings is 1. The first-order chi connectivity index (χ1) is 7.75. The lowest BCUT2D eigenvalue weighted by atomic mass is 10.1. The van der Waals surface area contributed by atoms with Crippen molar-refractivity contribution in [1.29, 1.82) is 0 Å². The number of nitrogens with one attached hydrogen (secondary N) is 2. The molecule has 1 atom stereocenters. The molecule has 92 valence electrons. The van der Waals surface area contributed by atoms with Crippen LogP contribution in [0.4, 0.5) is 0 Å². The maximum atomic E-state index is 11.8. The molecule has 2 heterocycles. The van der Waals surface area contributed by atoms with Crippen LogP contribution in [0.25, 0.3) is 0 Å². The number of rotatable bonds is 2. The summed E-state index contributed by atoms with van der Waals surface area (Å²) >= 11 is 0. The zero-order valence-electron chi connectivity index (χ0n) is 9.24. The monoisotopic (exact) mass is 246 g/mol. The maximum Gasteiger partial charge on any atom is 0.239 e. The minimum absolute atomic E-state index is 0.0115. The molecule has 6 heteroatoms. The molecule has 0 aromatic carbocycles. The summed E-state index contributed by atoms with van der Waals surface area (Å²) in [6, 6.07) is -0.0323. The van der Waals surface area contributed by atoms with Gasteiger partial charge in [0.25, 0.3) is 0 Å². The van der Waals surface area contributed by atoms with Crippen molar-refractivity contribution < 1.29 is 13.7 Å². The average molecular weight is 246 g/mol. The summed E-state index contributed by atoms with van der Waals surface area (Å²) in [5, 5.41) is 6.11. The Labute approximate surface area is 97.8 Å². The summed E-state index contributed by atoms with van der Waals surface area (Å²) in [5.74, 6) is 1.43. The molecule has 2 saturated heterocycles. The van der Waals surface area contributed by atoms with Crippen molar-refractivity contribution in [3.8, 4) is 0 Å². The maximum absolute atomic E-state index is 11.8. The lowest BCUT2D eigenvalue weighted by Crippen LogP contribution is -2.54. The molecule has 2 rings (SSSR count). The summed E-state index contributed by atoms with van der Waals surface area (Å²) in [7, 11) is -0.672. The van der Waals surface area contributed by atoms with Crippen molar-refractivity contribution in [2.24, 2.45) is 0 Å². The molecular weight excluding hydrogens is 228 g/mol. The lowest BCUT2D eigenvalue weighted by Gasteiger charge is -2.27. The molecule has 0 bridgehead atoms. The van der Waals surface area contributed by atoms with Crippen molar-refractivity contribution in [1.82, 2.24) is 10.6 Å². The highest BCUT2D eigenvalue weighted by molar-refractivity contribution is 7.85. The Bertz CT molecular complexity index is 269. The number of hydrogen-bond acceptors (Lipinski definition) is 4. The quantitative estimate of drug-likeness (QED) is 0.656. The van der Waals surface area contributed by atoms with Crippen LogP contribution in [0.3, 0.4) is 0 Å². The van der Waals surface area contributed by atoms with Crippen molar-refractivity contribution in [2.45, 2.75) is 24.9 Å². The van der Waals surface area contributed by atoms with Gasteiger partial charge < -0.3 is 15.4 Å². The second kappa shape index (κ2) is 5.75. The summed E-state index contributed by atoms with van der Waals surface area (Å²) in [5.41, 5.74) is 0. The first kappa shape index (κ1) is 12.0. The van der Waals surface area contributed by atoms with E-state index in [9.17, 15) is 9.00 Å². The molecule has 0 aliphatic carbocycles. The van der Waals surface area contributed by atoms with Crippen molar-refractivity contribution in [3.05, 3.63) is 0 Å². The van der Waals surface area contributed by atoms with E-state index in [-0.39, 0.29) is 18.0 Å². The normalized spacial score (nSPS) is 35.6. The summed E-state index contributed by atoms with van der Waals surface area (Å²) < 4.78 is 16.4. The Morgan fingerprint density at radius 1 is 1.38 bits per heavy atom. The molecule has 2 fully saturated rings. The van der Waals surface area contributed by atoms with Crippen LogP contribution in [-0.2, 0) is 20.3 Å². The van der Waals surface area contributed by atoms with Crippen molar-refractivity contribution >= 4 is 16.7 Å². The summed E-state index contributed by atoms with van der Waals surface area (Å²) in [6.45, 7) is 1.85. The molecule has 1 unspecified atom stereocenters. The molecule has 0 radical (unpaired) electrons. The minimum atomic E-state index is -0.672. The molecule has 2 aliphatic rings. The molecule has 1 amide bonds. The first-order valence-electron chi connectivity index (χ1n) is 5.72. The first-order valence-corrected chi connectivity index (χ1v) is 7.21. The van der Waals surface area contributed by atoms with E-state index in [0.29, 0.717) is 24.7 Å². The second-order valence-electron chi connectivity index (χ2n) is 4.21. The van der Waals surface area contributed by atoms with E-state index in [4.69, 9.17) is 4.74 Å². The number of amides is 1. The van der Waals surface area contributed by atoms with Crippen LogP contribution >= 0.6 is 0 Å². The van der Waals surface area contributed by atoms with Gasteiger partial charge in [0.05, 0.1) is 13.2 Å². The predicted octanol–water partition coefficient (Wildman–Crippen LogP) is -0.998. The second-order valence-corrected chi connectivity index (χ2v) is 5.91. The van der Waals surface area contributed by atoms with Gasteiger partial charge >= 0.3 is 0 Å². The Morgan fingerprint density at radius 2 is 2.12 bits per heavy atom. The molecular formula is C10H18N2O3S. The zero-order valence-corrected chi connectivity index (χ0v) is 10.1. The SMILES string of the molecule is O=C(NC1CCS(=O)CC1)C1COCCN1. The minimum Gasteiger partial charge on any atom is -0.378 e. The van der Waals surface area contributed by atoms with Crippen molar-refractivity contribution in [2.75, 3.05) is 31.3 Å². The fourth-order valence-corrected chi connectivity index (χ4v) is 3.27. The number of carbonyl (C=O) groups excluding carboxylic acids is 1. The van der Waals surface area contributed by atoms with Gasteiger partial charge in [-0.2, -0.15) is 0 Å². The fourth-order valence-electron chi connectivity index (χ4n) is 1.97. The van der Waals surface area contributed by atoms with Gasteiger partial charge in [0.2, 0.25) is 5.91 Å². The molecule has 16 heavy (non-hydrogen) atoms. The van der Waals surface area contributed by atoms with E-state index in [2.05, 4.69) is 10.6 Å². The molecule has 0 aromatic rings. The smallest absolute Gasteiger partial charge is 0.239 e. The van der Waals surface area contributed by atoms with Gasteiger partial charge in [0.1, 0.15) is 6.04 Å². The van der Waals surface area contributed by atoms with Gasteiger partial charge in [-0.3, -0.25) is 9.00 Å². The fraction of sp³-hybridized carbons (Fsp3) is 0.900. The van der Waals surface area contributed by atoms with Gasteiger partial charge in [-0.25, -0.2) is 0 Å². The molecule has 0 saturated carbocycles. The summed E-state index contributed by atoms with van der Waals surface area (Å²) in [6.07, 6.45) is 1.65. The summed E-state index contributed by atoms with van der Waals surface area (Å²) in [4.78, 5) is 11.8. The highest BCUT2D eigenvalue weighted by atomic mass is 32.2. The number of hydrogen-bond donors (Lipinski definition) is 2. The van der Waals surface area contributed by atoms with Gasteiger partial charge in [-0.05, 0) is 12.8 Å². The van der Waals surface area contributed by atoms with Gasteiger partial charge in [0, 0.05) is 34.9 Å². The van der Waals surface area contributed by atoms with E-state index in [1.807, 2.05) is 0 Å². The Hall–Kier alpha value is -0.460. The Kier molecular flexibility index (Phi) is 4.31. The molecule has 0 spiro atoms. The molecule has 5 nitrogen and oxygen atoms in total. The van der Waals surface area contributed by atoms with E-state index >= 15 is 0 Å². The third-order valence-electron chi connectivity index (χ3n) is 2.97. The van der Waals surface area contributed by atoms with Gasteiger partial charge in [-0.1, -0.05) is 0 Å². The van der Waals surface area contributed by atoms with Crippen LogP contribution in [-0.4, -0.2) is 53.5 Å². The van der Waals surface area contributed by atoms with Crippen LogP contribution in [0, 0.1) is 0 Å². The van der Waals surface area contributed by atoms with Crippen LogP contribution < -0.4 is 10.6 Å². The zero-order chi connectivity index (χ0) is 11.4. The number of ether oxygens (including phenoxy) is 1. The van der Waals surface area contributed by atoms with E-state index in [0.717, 1.165) is 19.4 Å². The van der Waals surface area contributed by atoms with Crippen LogP contribution in [0.2, 0.25) is 0 Å². The third-order valence-corrected chi connectivity index (χ3v) is 4.35. The highest BCUT2D eigenvalue weighted by Crippen LogP contribution is 2.09. The van der Waals surface area contributed by atoms with Crippen molar-refractivity contribution in [3.63, 3.8) is 0 Å². The average Bonchev–Trinajstić information content (AvgIpc) is 2.33. The van der Waals surface area contributed by atoms with E-state index < -0.39 is 10.8 Å².